The summed E-state index contributed by atoms with van der Waals surface area (Å²) in [6, 6.07) is 7.80. The number of nitrogens with zero attached hydrogens (tertiary/aromatic N) is 1. The molecule has 0 fully saturated rings. The maximum atomic E-state index is 12.8. The van der Waals surface area contributed by atoms with Crippen LogP contribution in [0.5, 0.6) is 5.75 Å². The Hall–Kier alpha value is -2.06. The Morgan fingerprint density at radius 2 is 1.92 bits per heavy atom. The number of amides is 1. The third-order valence-electron chi connectivity index (χ3n) is 3.90. The molecule has 0 spiro atoms. The first-order chi connectivity index (χ1) is 11.8. The summed E-state index contributed by atoms with van der Waals surface area (Å²) >= 11 is 1.22. The topological polar surface area (TPSA) is 75.7 Å². The maximum absolute atomic E-state index is 12.8. The third-order valence-corrected chi connectivity index (χ3v) is 6.59. The Balaban J connectivity index is 2.32. The smallest absolute Gasteiger partial charge is 0.264 e. The van der Waals surface area contributed by atoms with E-state index < -0.39 is 10.0 Å². The van der Waals surface area contributed by atoms with E-state index in [1.165, 1.54) is 37.6 Å². The average molecular weight is 383 g/mol. The van der Waals surface area contributed by atoms with Crippen molar-refractivity contribution in [1.29, 1.82) is 0 Å². The summed E-state index contributed by atoms with van der Waals surface area (Å²) in [5.74, 6) is 0.307. The number of benzene rings is 1. The van der Waals surface area contributed by atoms with Crippen LogP contribution in [-0.4, -0.2) is 34.5 Å². The number of methoxy groups -OCH3 is 1. The minimum Gasteiger partial charge on any atom is -0.497 e. The SMILES string of the molecule is CC[C@H](C)NC(=O)c1sccc1N(C)S(=O)(=O)c1ccc(OC)cc1. The van der Waals surface area contributed by atoms with Crippen molar-refractivity contribution in [3.05, 3.63) is 40.6 Å². The van der Waals surface area contributed by atoms with E-state index >= 15 is 0 Å². The zero-order chi connectivity index (χ0) is 18.6. The Labute approximate surface area is 152 Å². The molecule has 6 nitrogen and oxygen atoms in total. The predicted molar refractivity (Wildman–Crippen MR) is 100 cm³/mol. The number of anilines is 1. The summed E-state index contributed by atoms with van der Waals surface area (Å²) in [4.78, 5) is 12.9. The zero-order valence-corrected chi connectivity index (χ0v) is 16.3. The molecule has 1 atom stereocenters. The average Bonchev–Trinajstić information content (AvgIpc) is 3.10. The summed E-state index contributed by atoms with van der Waals surface area (Å²) in [5.41, 5.74) is 0.363. The molecule has 0 aliphatic rings. The molecule has 1 heterocycles. The van der Waals surface area contributed by atoms with Crippen LogP contribution in [0.1, 0.15) is 29.9 Å². The number of ether oxygens (including phenoxy) is 1. The van der Waals surface area contributed by atoms with Crippen LogP contribution in [-0.2, 0) is 10.0 Å². The number of carbonyl (C=O) groups excluding carboxylic acids is 1. The lowest BCUT2D eigenvalue weighted by atomic mass is 10.2. The van der Waals surface area contributed by atoms with Crippen LogP contribution in [0.15, 0.2) is 40.6 Å². The van der Waals surface area contributed by atoms with Crippen LogP contribution in [0.4, 0.5) is 5.69 Å². The number of nitrogens with one attached hydrogen (secondary N) is 1. The van der Waals surface area contributed by atoms with Gasteiger partial charge in [0.05, 0.1) is 17.7 Å². The summed E-state index contributed by atoms with van der Waals surface area (Å²) in [6.45, 7) is 3.88. The molecule has 25 heavy (non-hydrogen) atoms. The first-order valence-electron chi connectivity index (χ1n) is 7.82. The van der Waals surface area contributed by atoms with Crippen molar-refractivity contribution in [3.63, 3.8) is 0 Å². The van der Waals surface area contributed by atoms with Gasteiger partial charge in [0.1, 0.15) is 10.6 Å². The highest BCUT2D eigenvalue weighted by Crippen LogP contribution is 2.30. The number of hydrogen-bond donors (Lipinski definition) is 1. The van der Waals surface area contributed by atoms with Gasteiger partial charge in [-0.25, -0.2) is 8.42 Å². The van der Waals surface area contributed by atoms with Gasteiger partial charge in [0, 0.05) is 13.1 Å². The molecule has 136 valence electrons. The molecular formula is C17H22N2O4S2. The lowest BCUT2D eigenvalue weighted by Gasteiger charge is -2.20. The van der Waals surface area contributed by atoms with Gasteiger partial charge in [-0.15, -0.1) is 11.3 Å². The largest absolute Gasteiger partial charge is 0.497 e. The summed E-state index contributed by atoms with van der Waals surface area (Å²) in [7, 11) is -0.809. The molecule has 0 bridgehead atoms. The third kappa shape index (κ3) is 4.13. The van der Waals surface area contributed by atoms with Crippen LogP contribution in [0.3, 0.4) is 0 Å². The van der Waals surface area contributed by atoms with Crippen molar-refractivity contribution < 1.29 is 17.9 Å². The summed E-state index contributed by atoms with van der Waals surface area (Å²) < 4.78 is 31.9. The molecule has 0 saturated carbocycles. The zero-order valence-electron chi connectivity index (χ0n) is 14.6. The Morgan fingerprint density at radius 3 is 2.48 bits per heavy atom. The van der Waals surface area contributed by atoms with Gasteiger partial charge in [0.25, 0.3) is 15.9 Å². The monoisotopic (exact) mass is 382 g/mol. The van der Waals surface area contributed by atoms with Crippen molar-refractivity contribution in [3.8, 4) is 5.75 Å². The fraction of sp³-hybridized carbons (Fsp3) is 0.353. The minimum absolute atomic E-state index is 0.0194. The van der Waals surface area contributed by atoms with Gasteiger partial charge in [-0.05, 0) is 49.1 Å². The van der Waals surface area contributed by atoms with Gasteiger partial charge in [-0.3, -0.25) is 9.10 Å². The number of carbonyl (C=O) groups is 1. The van der Waals surface area contributed by atoms with E-state index in [1.807, 2.05) is 13.8 Å². The highest BCUT2D eigenvalue weighted by molar-refractivity contribution is 7.92. The lowest BCUT2D eigenvalue weighted by molar-refractivity contribution is 0.0944. The minimum atomic E-state index is -3.77. The molecule has 2 aromatic rings. The van der Waals surface area contributed by atoms with Crippen LogP contribution in [0.25, 0.3) is 0 Å². The van der Waals surface area contributed by atoms with Gasteiger partial charge in [-0.1, -0.05) is 6.92 Å². The van der Waals surface area contributed by atoms with Crippen molar-refractivity contribution in [2.45, 2.75) is 31.2 Å². The molecule has 8 heteroatoms. The fourth-order valence-corrected chi connectivity index (χ4v) is 4.24. The second-order valence-corrected chi connectivity index (χ2v) is 8.45. The molecule has 1 N–H and O–H groups in total. The highest BCUT2D eigenvalue weighted by Gasteiger charge is 2.26. The molecule has 1 aromatic heterocycles. The summed E-state index contributed by atoms with van der Waals surface area (Å²) in [6.07, 6.45) is 0.798. The lowest BCUT2D eigenvalue weighted by Crippen LogP contribution is -2.33. The highest BCUT2D eigenvalue weighted by atomic mass is 32.2. The summed E-state index contributed by atoms with van der Waals surface area (Å²) in [5, 5.41) is 4.58. The van der Waals surface area contributed by atoms with E-state index in [4.69, 9.17) is 4.74 Å². The number of hydrogen-bond acceptors (Lipinski definition) is 5. The Morgan fingerprint density at radius 1 is 1.28 bits per heavy atom. The normalized spacial score (nSPS) is 12.5. The first-order valence-corrected chi connectivity index (χ1v) is 10.1. The van der Waals surface area contributed by atoms with Gasteiger partial charge in [0.15, 0.2) is 0 Å². The molecule has 2 rings (SSSR count). The quantitative estimate of drug-likeness (QED) is 0.798. The van der Waals surface area contributed by atoms with Crippen LogP contribution in [0, 0.1) is 0 Å². The van der Waals surface area contributed by atoms with Crippen molar-refractivity contribution in [2.24, 2.45) is 0 Å². The molecule has 0 aliphatic carbocycles. The Kier molecular flexibility index (Phi) is 6.07. The first kappa shape index (κ1) is 19.3. The van der Waals surface area contributed by atoms with E-state index in [-0.39, 0.29) is 16.8 Å². The van der Waals surface area contributed by atoms with E-state index in [0.717, 1.165) is 10.7 Å². The molecule has 1 amide bonds. The van der Waals surface area contributed by atoms with Gasteiger partial charge in [0.2, 0.25) is 0 Å². The van der Waals surface area contributed by atoms with Crippen molar-refractivity contribution in [1.82, 2.24) is 5.32 Å². The molecule has 1 aromatic carbocycles. The molecular weight excluding hydrogens is 360 g/mol. The van der Waals surface area contributed by atoms with Crippen LogP contribution < -0.4 is 14.4 Å². The number of sulfonamides is 1. The van der Waals surface area contributed by atoms with E-state index in [1.54, 1.807) is 23.6 Å². The molecule has 0 aliphatic heterocycles. The standard InChI is InChI=1S/C17H22N2O4S2/c1-5-12(2)18-17(20)16-15(10-11-24-16)19(3)25(21,22)14-8-6-13(23-4)7-9-14/h6-12H,5H2,1-4H3,(H,18,20)/t12-/m0/s1. The molecule has 0 radical (unpaired) electrons. The second kappa shape index (κ2) is 7.88. The number of rotatable bonds is 7. The van der Waals surface area contributed by atoms with Crippen molar-refractivity contribution >= 4 is 33.0 Å². The fourth-order valence-electron chi connectivity index (χ4n) is 2.15. The predicted octanol–water partition coefficient (Wildman–Crippen LogP) is 3.11. The van der Waals surface area contributed by atoms with Crippen LogP contribution in [0.2, 0.25) is 0 Å². The van der Waals surface area contributed by atoms with E-state index in [2.05, 4.69) is 5.32 Å². The van der Waals surface area contributed by atoms with E-state index in [0.29, 0.717) is 16.3 Å². The molecule has 0 saturated heterocycles. The van der Waals surface area contributed by atoms with Gasteiger partial charge >= 0.3 is 0 Å². The van der Waals surface area contributed by atoms with Crippen LogP contribution >= 0.6 is 11.3 Å². The molecule has 0 unspecified atom stereocenters. The van der Waals surface area contributed by atoms with Crippen molar-refractivity contribution in [2.75, 3.05) is 18.5 Å². The van der Waals surface area contributed by atoms with Gasteiger partial charge < -0.3 is 10.1 Å². The number of thiophene rings is 1. The second-order valence-electron chi connectivity index (χ2n) is 5.57. The van der Waals surface area contributed by atoms with Gasteiger partial charge in [-0.2, -0.15) is 0 Å². The maximum Gasteiger partial charge on any atom is 0.264 e. The van der Waals surface area contributed by atoms with E-state index in [9.17, 15) is 13.2 Å². The Bertz CT molecular complexity index is 829.